The van der Waals surface area contributed by atoms with Gasteiger partial charge in [0.25, 0.3) is 5.91 Å². The minimum absolute atomic E-state index is 0.0875. The van der Waals surface area contributed by atoms with E-state index < -0.39 is 0 Å². The van der Waals surface area contributed by atoms with E-state index >= 15 is 0 Å². The van der Waals surface area contributed by atoms with Crippen LogP contribution in [0.1, 0.15) is 15.9 Å². The minimum Gasteiger partial charge on any atom is -0.383 e. The van der Waals surface area contributed by atoms with Gasteiger partial charge >= 0.3 is 0 Å². The molecule has 0 saturated heterocycles. The van der Waals surface area contributed by atoms with Crippen molar-refractivity contribution in [1.29, 1.82) is 0 Å². The predicted molar refractivity (Wildman–Crippen MR) is 127 cm³/mol. The molecular formula is C22H19N5O2S2. The summed E-state index contributed by atoms with van der Waals surface area (Å²) in [7, 11) is 0. The number of hydrogen-bond donors (Lipinski definition) is 3. The number of aryl methyl sites for hydroxylation is 1. The standard InChI is InChI=1S/C22H19N5O2S2/c1-13-5-4-6-14(11-13)24-20(29)15-7-2-3-8-17(15)25-18(28)12-31-22-26-19(23)16-9-10-30-21(16)27-22/h2-11H,12H2,1H3,(H,24,29)(H,25,28)(H2,23,26,27). The molecule has 0 fully saturated rings. The molecule has 2 heterocycles. The Bertz CT molecular complexity index is 1270. The van der Waals surface area contributed by atoms with E-state index in [1.807, 2.05) is 42.6 Å². The molecule has 0 bridgehead atoms. The Balaban J connectivity index is 1.42. The number of thiophene rings is 1. The second-order valence-corrected chi connectivity index (χ2v) is 8.57. The number of carbonyl (C=O) groups is 2. The third kappa shape index (κ3) is 5.01. The summed E-state index contributed by atoms with van der Waals surface area (Å²) in [6.45, 7) is 1.95. The number of fused-ring (bicyclic) bond motifs is 1. The molecule has 0 atom stereocenters. The number of anilines is 3. The number of nitrogens with two attached hydrogens (primary N) is 1. The second-order valence-electron chi connectivity index (χ2n) is 6.74. The first-order valence-electron chi connectivity index (χ1n) is 9.40. The number of carbonyl (C=O) groups excluding carboxylic acids is 2. The van der Waals surface area contributed by atoms with Crippen molar-refractivity contribution in [2.75, 3.05) is 22.1 Å². The van der Waals surface area contributed by atoms with Crippen LogP contribution in [0.4, 0.5) is 17.2 Å². The van der Waals surface area contributed by atoms with Gasteiger partial charge in [-0.15, -0.1) is 11.3 Å². The summed E-state index contributed by atoms with van der Waals surface area (Å²) in [6.07, 6.45) is 0. The quantitative estimate of drug-likeness (QED) is 0.294. The van der Waals surface area contributed by atoms with Gasteiger partial charge in [-0.25, -0.2) is 9.97 Å². The molecule has 2 aromatic carbocycles. The highest BCUT2D eigenvalue weighted by molar-refractivity contribution is 7.99. The summed E-state index contributed by atoms with van der Waals surface area (Å²) < 4.78 is 0. The summed E-state index contributed by atoms with van der Waals surface area (Å²) in [5.74, 6) is -0.0839. The molecule has 7 nitrogen and oxygen atoms in total. The van der Waals surface area contributed by atoms with E-state index in [4.69, 9.17) is 5.73 Å². The van der Waals surface area contributed by atoms with Gasteiger partial charge < -0.3 is 16.4 Å². The van der Waals surface area contributed by atoms with Crippen LogP contribution in [-0.4, -0.2) is 27.5 Å². The van der Waals surface area contributed by atoms with Crippen LogP contribution in [0, 0.1) is 6.92 Å². The number of amides is 2. The molecular weight excluding hydrogens is 430 g/mol. The monoisotopic (exact) mass is 449 g/mol. The average molecular weight is 450 g/mol. The molecule has 0 unspecified atom stereocenters. The smallest absolute Gasteiger partial charge is 0.257 e. The van der Waals surface area contributed by atoms with E-state index in [1.165, 1.54) is 23.1 Å². The number of thioether (sulfide) groups is 1. The summed E-state index contributed by atoms with van der Waals surface area (Å²) in [5, 5.41) is 8.81. The average Bonchev–Trinajstić information content (AvgIpc) is 3.22. The van der Waals surface area contributed by atoms with E-state index in [9.17, 15) is 9.59 Å². The van der Waals surface area contributed by atoms with Gasteiger partial charge in [-0.05, 0) is 48.2 Å². The van der Waals surface area contributed by atoms with Gasteiger partial charge in [0.2, 0.25) is 5.91 Å². The lowest BCUT2D eigenvalue weighted by Gasteiger charge is -2.12. The highest BCUT2D eigenvalue weighted by Gasteiger charge is 2.15. The van der Waals surface area contributed by atoms with Crippen LogP contribution in [0.15, 0.2) is 65.1 Å². The molecule has 0 spiro atoms. The van der Waals surface area contributed by atoms with Gasteiger partial charge in [0.15, 0.2) is 5.16 Å². The molecule has 4 aromatic rings. The molecule has 4 N–H and O–H groups in total. The second kappa shape index (κ2) is 9.15. The van der Waals surface area contributed by atoms with Gasteiger partial charge in [0.1, 0.15) is 10.6 Å². The minimum atomic E-state index is -0.298. The molecule has 31 heavy (non-hydrogen) atoms. The maximum atomic E-state index is 12.7. The number of nitrogens with one attached hydrogen (secondary N) is 2. The van der Waals surface area contributed by atoms with Gasteiger partial charge in [0.05, 0.1) is 22.4 Å². The first kappa shape index (κ1) is 20.8. The third-order valence-corrected chi connectivity index (χ3v) is 6.04. The van der Waals surface area contributed by atoms with Crippen LogP contribution in [0.25, 0.3) is 10.2 Å². The molecule has 4 rings (SSSR count). The SMILES string of the molecule is Cc1cccc(NC(=O)c2ccccc2NC(=O)CSc2nc(N)c3ccsc3n2)c1. The zero-order chi connectivity index (χ0) is 21.8. The fraction of sp³-hybridized carbons (Fsp3) is 0.0909. The predicted octanol–water partition coefficient (Wildman–Crippen LogP) is 4.57. The van der Waals surface area contributed by atoms with Crippen molar-refractivity contribution in [3.05, 3.63) is 71.1 Å². The molecule has 0 aliphatic rings. The molecule has 0 saturated carbocycles. The zero-order valence-corrected chi connectivity index (χ0v) is 18.2. The van der Waals surface area contributed by atoms with E-state index in [0.717, 1.165) is 15.8 Å². The van der Waals surface area contributed by atoms with Crippen molar-refractivity contribution < 1.29 is 9.59 Å². The fourth-order valence-corrected chi connectivity index (χ4v) is 4.43. The largest absolute Gasteiger partial charge is 0.383 e. The Kier molecular flexibility index (Phi) is 6.15. The maximum Gasteiger partial charge on any atom is 0.257 e. The number of para-hydroxylation sites is 1. The van der Waals surface area contributed by atoms with Crippen LogP contribution < -0.4 is 16.4 Å². The lowest BCUT2D eigenvalue weighted by atomic mass is 10.1. The van der Waals surface area contributed by atoms with Crippen molar-refractivity contribution in [3.63, 3.8) is 0 Å². The molecule has 0 aliphatic carbocycles. The third-order valence-electron chi connectivity index (χ3n) is 4.39. The van der Waals surface area contributed by atoms with Crippen molar-refractivity contribution >= 4 is 62.3 Å². The fourth-order valence-electron chi connectivity index (χ4n) is 2.95. The molecule has 0 aliphatic heterocycles. The lowest BCUT2D eigenvalue weighted by molar-refractivity contribution is -0.113. The number of rotatable bonds is 6. The topological polar surface area (TPSA) is 110 Å². The Labute approximate surface area is 187 Å². The normalized spacial score (nSPS) is 10.7. The Morgan fingerprint density at radius 3 is 2.74 bits per heavy atom. The molecule has 0 radical (unpaired) electrons. The molecule has 156 valence electrons. The van der Waals surface area contributed by atoms with Crippen molar-refractivity contribution in [2.45, 2.75) is 12.1 Å². The number of aromatic nitrogens is 2. The molecule has 2 amide bonds. The van der Waals surface area contributed by atoms with E-state index in [2.05, 4.69) is 20.6 Å². The van der Waals surface area contributed by atoms with Crippen LogP contribution in [0.5, 0.6) is 0 Å². The van der Waals surface area contributed by atoms with E-state index in [0.29, 0.717) is 27.9 Å². The van der Waals surface area contributed by atoms with Gasteiger partial charge in [-0.3, -0.25) is 9.59 Å². The van der Waals surface area contributed by atoms with Crippen LogP contribution in [0.2, 0.25) is 0 Å². The first-order chi connectivity index (χ1) is 15.0. The maximum absolute atomic E-state index is 12.7. The number of nitrogen functional groups attached to an aromatic ring is 1. The van der Waals surface area contributed by atoms with Crippen molar-refractivity contribution in [3.8, 4) is 0 Å². The highest BCUT2D eigenvalue weighted by atomic mass is 32.2. The van der Waals surface area contributed by atoms with E-state index in [-0.39, 0.29) is 17.6 Å². The Morgan fingerprint density at radius 1 is 1.06 bits per heavy atom. The molecule has 2 aromatic heterocycles. The first-order valence-corrected chi connectivity index (χ1v) is 11.3. The summed E-state index contributed by atoms with van der Waals surface area (Å²) in [4.78, 5) is 34.7. The molecule has 9 heteroatoms. The lowest BCUT2D eigenvalue weighted by Crippen LogP contribution is -2.19. The van der Waals surface area contributed by atoms with E-state index in [1.54, 1.807) is 24.3 Å². The summed E-state index contributed by atoms with van der Waals surface area (Å²) in [5.41, 5.74) is 8.51. The Morgan fingerprint density at radius 2 is 1.90 bits per heavy atom. The van der Waals surface area contributed by atoms with Crippen LogP contribution in [-0.2, 0) is 4.79 Å². The van der Waals surface area contributed by atoms with Gasteiger partial charge in [-0.1, -0.05) is 36.0 Å². The van der Waals surface area contributed by atoms with Crippen molar-refractivity contribution in [1.82, 2.24) is 9.97 Å². The number of benzene rings is 2. The highest BCUT2D eigenvalue weighted by Crippen LogP contribution is 2.26. The van der Waals surface area contributed by atoms with Crippen LogP contribution >= 0.6 is 23.1 Å². The number of nitrogens with zero attached hydrogens (tertiary/aromatic N) is 2. The van der Waals surface area contributed by atoms with Crippen LogP contribution in [0.3, 0.4) is 0 Å². The zero-order valence-electron chi connectivity index (χ0n) is 16.6. The number of hydrogen-bond acceptors (Lipinski definition) is 7. The summed E-state index contributed by atoms with van der Waals surface area (Å²) >= 11 is 2.66. The van der Waals surface area contributed by atoms with Gasteiger partial charge in [-0.2, -0.15) is 0 Å². The summed E-state index contributed by atoms with van der Waals surface area (Å²) in [6, 6.07) is 16.3. The van der Waals surface area contributed by atoms with Gasteiger partial charge in [0, 0.05) is 5.69 Å². The Hall–Kier alpha value is -3.43. The van der Waals surface area contributed by atoms with Crippen molar-refractivity contribution in [2.24, 2.45) is 0 Å².